The van der Waals surface area contributed by atoms with Crippen molar-refractivity contribution in [3.8, 4) is 0 Å². The molecule has 0 heterocycles. The first-order valence-electron chi connectivity index (χ1n) is 6.21. The lowest BCUT2D eigenvalue weighted by Gasteiger charge is -2.31. The van der Waals surface area contributed by atoms with Crippen molar-refractivity contribution in [1.82, 2.24) is 5.32 Å². The molecule has 1 aliphatic rings. The van der Waals surface area contributed by atoms with Crippen LogP contribution in [0.5, 0.6) is 0 Å². The van der Waals surface area contributed by atoms with E-state index in [1.807, 2.05) is 20.8 Å². The lowest BCUT2D eigenvalue weighted by molar-refractivity contribution is 0.0487. The van der Waals surface area contributed by atoms with Crippen LogP contribution in [0.3, 0.4) is 0 Å². The van der Waals surface area contributed by atoms with Crippen LogP contribution in [0.2, 0.25) is 0 Å². The summed E-state index contributed by atoms with van der Waals surface area (Å²) < 4.78 is 5.22. The fraction of sp³-hybridized carbons (Fsp3) is 0.917. The van der Waals surface area contributed by atoms with Gasteiger partial charge in [-0.05, 0) is 52.4 Å². The summed E-state index contributed by atoms with van der Waals surface area (Å²) in [6.45, 7) is 5.59. The van der Waals surface area contributed by atoms with Crippen molar-refractivity contribution in [2.24, 2.45) is 11.7 Å². The average Bonchev–Trinajstić information content (AvgIpc) is 2.15. The highest BCUT2D eigenvalue weighted by Crippen LogP contribution is 2.27. The van der Waals surface area contributed by atoms with Crippen molar-refractivity contribution in [2.75, 3.05) is 0 Å². The fourth-order valence-electron chi connectivity index (χ4n) is 2.08. The van der Waals surface area contributed by atoms with Crippen molar-refractivity contribution < 1.29 is 9.53 Å². The van der Waals surface area contributed by atoms with E-state index < -0.39 is 5.60 Å². The van der Waals surface area contributed by atoms with Gasteiger partial charge in [0.15, 0.2) is 0 Å². The number of nitrogens with two attached hydrogens (primary N) is 1. The van der Waals surface area contributed by atoms with E-state index in [0.29, 0.717) is 5.92 Å². The Balaban J connectivity index is 2.29. The zero-order valence-electron chi connectivity index (χ0n) is 10.9. The van der Waals surface area contributed by atoms with Gasteiger partial charge < -0.3 is 15.8 Å². The predicted molar refractivity (Wildman–Crippen MR) is 72.1 cm³/mol. The summed E-state index contributed by atoms with van der Waals surface area (Å²) in [5, 5.41) is 2.86. The topological polar surface area (TPSA) is 64.3 Å². The number of hydrogen-bond acceptors (Lipinski definition) is 4. The van der Waals surface area contributed by atoms with E-state index in [1.54, 1.807) is 0 Å². The second-order valence-electron chi connectivity index (χ2n) is 5.75. The number of carbonyl (C=O) groups is 1. The molecule has 100 valence electrons. The average molecular weight is 260 g/mol. The molecule has 3 N–H and O–H groups in total. The summed E-state index contributed by atoms with van der Waals surface area (Å²) in [5.41, 5.74) is 5.31. The maximum absolute atomic E-state index is 11.6. The second kappa shape index (κ2) is 5.96. The van der Waals surface area contributed by atoms with Gasteiger partial charge in [-0.15, -0.1) is 0 Å². The summed E-state index contributed by atoms with van der Waals surface area (Å²) in [6.07, 6.45) is 3.63. The van der Waals surface area contributed by atoms with Crippen LogP contribution in [-0.4, -0.2) is 23.1 Å². The van der Waals surface area contributed by atoms with Crippen LogP contribution < -0.4 is 11.1 Å². The van der Waals surface area contributed by atoms with E-state index in [2.05, 4.69) is 17.9 Å². The van der Waals surface area contributed by atoms with Gasteiger partial charge in [-0.1, -0.05) is 0 Å². The van der Waals surface area contributed by atoms with Gasteiger partial charge >= 0.3 is 6.09 Å². The fourth-order valence-corrected chi connectivity index (χ4v) is 2.38. The van der Waals surface area contributed by atoms with E-state index in [0.717, 1.165) is 25.7 Å². The number of amides is 1. The summed E-state index contributed by atoms with van der Waals surface area (Å²) in [7, 11) is 0. The zero-order chi connectivity index (χ0) is 13.1. The van der Waals surface area contributed by atoms with Crippen LogP contribution in [0.1, 0.15) is 46.5 Å². The molecule has 0 spiro atoms. The van der Waals surface area contributed by atoms with Crippen LogP contribution in [0.25, 0.3) is 0 Å². The molecule has 0 aromatic rings. The van der Waals surface area contributed by atoms with Gasteiger partial charge in [0, 0.05) is 6.04 Å². The highest BCUT2D eigenvalue weighted by molar-refractivity contribution is 7.80. The van der Waals surface area contributed by atoms with Crippen molar-refractivity contribution in [3.63, 3.8) is 0 Å². The molecule has 0 aromatic heterocycles. The number of hydrogen-bond donors (Lipinski definition) is 3. The van der Waals surface area contributed by atoms with Gasteiger partial charge in [-0.25, -0.2) is 4.79 Å². The molecule has 17 heavy (non-hydrogen) atoms. The van der Waals surface area contributed by atoms with Crippen LogP contribution >= 0.6 is 12.6 Å². The van der Waals surface area contributed by atoms with Crippen LogP contribution in [0.15, 0.2) is 0 Å². The molecule has 0 radical (unpaired) electrons. The Morgan fingerprint density at radius 3 is 2.29 bits per heavy atom. The lowest BCUT2D eigenvalue weighted by atomic mass is 9.86. The second-order valence-corrected chi connectivity index (χ2v) is 6.34. The van der Waals surface area contributed by atoms with Crippen molar-refractivity contribution in [1.29, 1.82) is 0 Å². The molecule has 0 aliphatic heterocycles. The third-order valence-electron chi connectivity index (χ3n) is 2.98. The highest BCUT2D eigenvalue weighted by Gasteiger charge is 2.26. The molecule has 1 unspecified atom stereocenters. The molecule has 1 rings (SSSR count). The Labute approximate surface area is 109 Å². The molecule has 5 heteroatoms. The number of ether oxygens (including phenoxy) is 1. The van der Waals surface area contributed by atoms with E-state index in [4.69, 9.17) is 10.5 Å². The van der Waals surface area contributed by atoms with Gasteiger partial charge in [0.1, 0.15) is 5.60 Å². The monoisotopic (exact) mass is 260 g/mol. The molecule has 0 saturated heterocycles. The Morgan fingerprint density at radius 1 is 1.35 bits per heavy atom. The third-order valence-corrected chi connectivity index (χ3v) is 3.40. The highest BCUT2D eigenvalue weighted by atomic mass is 32.1. The minimum absolute atomic E-state index is 0.0440. The molecule has 1 fully saturated rings. The van der Waals surface area contributed by atoms with Gasteiger partial charge in [0.25, 0.3) is 0 Å². The number of thiol groups is 1. The standard InChI is InChI=1S/C12H24N2O2S/c1-12(2,3)16-11(15)14-9-6-4-8(5-7-9)10(13)17/h8-10,17H,4-7,13H2,1-3H3,(H,14,15). The molecular weight excluding hydrogens is 236 g/mol. The van der Waals surface area contributed by atoms with E-state index in [9.17, 15) is 4.79 Å². The Kier molecular flexibility index (Phi) is 5.13. The largest absolute Gasteiger partial charge is 0.444 e. The van der Waals surface area contributed by atoms with Gasteiger partial charge in [0.2, 0.25) is 0 Å². The molecule has 0 aromatic carbocycles. The maximum atomic E-state index is 11.6. The molecule has 1 aliphatic carbocycles. The Morgan fingerprint density at radius 2 is 1.88 bits per heavy atom. The SMILES string of the molecule is CC(C)(C)OC(=O)NC1CCC(C(N)S)CC1. The van der Waals surface area contributed by atoms with E-state index in [1.165, 1.54) is 0 Å². The number of carbonyl (C=O) groups excluding carboxylic acids is 1. The molecule has 4 nitrogen and oxygen atoms in total. The smallest absolute Gasteiger partial charge is 0.407 e. The lowest BCUT2D eigenvalue weighted by Crippen LogP contribution is -2.42. The van der Waals surface area contributed by atoms with Gasteiger partial charge in [-0.2, -0.15) is 12.6 Å². The number of rotatable bonds is 2. The van der Waals surface area contributed by atoms with Gasteiger partial charge in [0.05, 0.1) is 5.37 Å². The first kappa shape index (κ1) is 14.6. The van der Waals surface area contributed by atoms with Crippen LogP contribution in [-0.2, 0) is 4.74 Å². The number of alkyl carbamates (subject to hydrolysis) is 1. The summed E-state index contributed by atoms with van der Waals surface area (Å²) in [5.74, 6) is 0.468. The first-order chi connectivity index (χ1) is 7.78. The summed E-state index contributed by atoms with van der Waals surface area (Å²) in [4.78, 5) is 11.6. The predicted octanol–water partition coefficient (Wildman–Crippen LogP) is 2.28. The molecule has 0 bridgehead atoms. The van der Waals surface area contributed by atoms with E-state index >= 15 is 0 Å². The molecule has 1 saturated carbocycles. The maximum Gasteiger partial charge on any atom is 0.407 e. The van der Waals surface area contributed by atoms with Crippen LogP contribution in [0, 0.1) is 5.92 Å². The van der Waals surface area contributed by atoms with Crippen molar-refractivity contribution in [3.05, 3.63) is 0 Å². The quantitative estimate of drug-likeness (QED) is 0.527. The van der Waals surface area contributed by atoms with Crippen molar-refractivity contribution >= 4 is 18.7 Å². The van der Waals surface area contributed by atoms with Crippen LogP contribution in [0.4, 0.5) is 4.79 Å². The Bertz CT molecular complexity index is 256. The van der Waals surface area contributed by atoms with Gasteiger partial charge in [-0.3, -0.25) is 0 Å². The normalized spacial score (nSPS) is 27.4. The number of nitrogens with one attached hydrogen (secondary N) is 1. The minimum Gasteiger partial charge on any atom is -0.444 e. The van der Waals surface area contributed by atoms with E-state index in [-0.39, 0.29) is 17.5 Å². The molecular formula is C12H24N2O2S. The zero-order valence-corrected chi connectivity index (χ0v) is 11.8. The summed E-state index contributed by atoms with van der Waals surface area (Å²) in [6, 6.07) is 0.216. The first-order valence-corrected chi connectivity index (χ1v) is 6.73. The third kappa shape index (κ3) is 5.64. The summed E-state index contributed by atoms with van der Waals surface area (Å²) >= 11 is 4.26. The van der Waals surface area contributed by atoms with Crippen molar-refractivity contribution in [2.45, 2.75) is 63.5 Å². The Hall–Kier alpha value is -0.420. The minimum atomic E-state index is -0.436. The molecule has 1 amide bonds. The molecule has 1 atom stereocenters.